The number of carbonyl (C=O) groups excluding carboxylic acids is 1. The fourth-order valence-electron chi connectivity index (χ4n) is 2.86. The van der Waals surface area contributed by atoms with Gasteiger partial charge in [0.25, 0.3) is 0 Å². The highest BCUT2D eigenvalue weighted by Crippen LogP contribution is 2.22. The van der Waals surface area contributed by atoms with E-state index in [1.165, 1.54) is 31.0 Å². The molecule has 0 saturated heterocycles. The summed E-state index contributed by atoms with van der Waals surface area (Å²) < 4.78 is 0. The van der Waals surface area contributed by atoms with Gasteiger partial charge >= 0.3 is 0 Å². The van der Waals surface area contributed by atoms with Gasteiger partial charge < -0.3 is 5.32 Å². The number of aryl methyl sites for hydroxylation is 1. The van der Waals surface area contributed by atoms with Crippen molar-refractivity contribution in [3.63, 3.8) is 0 Å². The minimum absolute atomic E-state index is 0.103. The zero-order valence-corrected chi connectivity index (χ0v) is 13.7. The standard InChI is InChI=1S/C17H21N3OS/c1-12-17(20-15-10-6-5-9-14(15)18-12)22-11-16(21)19-13-7-3-2-4-8-13/h5-6,9-10,13H,2-4,7-8,11H2,1H3,(H,19,21). The molecule has 5 heteroatoms. The monoisotopic (exact) mass is 315 g/mol. The molecule has 1 amide bonds. The molecule has 1 heterocycles. The summed E-state index contributed by atoms with van der Waals surface area (Å²) in [6.45, 7) is 1.95. The molecule has 1 fully saturated rings. The van der Waals surface area contributed by atoms with Gasteiger partial charge in [0.15, 0.2) is 0 Å². The largest absolute Gasteiger partial charge is 0.353 e. The van der Waals surface area contributed by atoms with E-state index < -0.39 is 0 Å². The fourth-order valence-corrected chi connectivity index (χ4v) is 3.63. The Kier molecular flexibility index (Phi) is 4.93. The number of benzene rings is 1. The summed E-state index contributed by atoms with van der Waals surface area (Å²) in [4.78, 5) is 21.2. The third-order valence-corrected chi connectivity index (χ3v) is 5.08. The Morgan fingerprint density at radius 1 is 1.18 bits per heavy atom. The highest BCUT2D eigenvalue weighted by Gasteiger charge is 2.16. The van der Waals surface area contributed by atoms with Gasteiger partial charge in [-0.3, -0.25) is 4.79 Å². The molecule has 1 saturated carbocycles. The molecule has 1 aliphatic rings. The molecular formula is C17H21N3OS. The molecule has 0 unspecified atom stereocenters. The van der Waals surface area contributed by atoms with Crippen LogP contribution in [0.2, 0.25) is 0 Å². The molecule has 2 aromatic rings. The lowest BCUT2D eigenvalue weighted by atomic mass is 9.95. The van der Waals surface area contributed by atoms with Crippen LogP contribution in [0.15, 0.2) is 29.3 Å². The number of nitrogens with one attached hydrogen (secondary N) is 1. The van der Waals surface area contributed by atoms with Crippen molar-refractivity contribution in [2.24, 2.45) is 0 Å². The highest BCUT2D eigenvalue weighted by atomic mass is 32.2. The molecule has 0 radical (unpaired) electrons. The second kappa shape index (κ2) is 7.09. The molecular weight excluding hydrogens is 294 g/mol. The van der Waals surface area contributed by atoms with Crippen LogP contribution in [0.1, 0.15) is 37.8 Å². The Bertz CT molecular complexity index is 668. The fraction of sp³-hybridized carbons (Fsp3) is 0.471. The molecule has 116 valence electrons. The van der Waals surface area contributed by atoms with E-state index in [2.05, 4.69) is 15.3 Å². The number of carbonyl (C=O) groups is 1. The van der Waals surface area contributed by atoms with Gasteiger partial charge in [0, 0.05) is 6.04 Å². The first-order valence-corrected chi connectivity index (χ1v) is 8.86. The minimum atomic E-state index is 0.103. The summed E-state index contributed by atoms with van der Waals surface area (Å²) in [6.07, 6.45) is 5.99. The SMILES string of the molecule is Cc1nc2ccccc2nc1SCC(=O)NC1CCCCC1. The summed E-state index contributed by atoms with van der Waals surface area (Å²) in [7, 11) is 0. The Balaban J connectivity index is 1.60. The first-order chi connectivity index (χ1) is 10.7. The Hall–Kier alpha value is -1.62. The van der Waals surface area contributed by atoms with Crippen molar-refractivity contribution in [3.8, 4) is 0 Å². The Morgan fingerprint density at radius 2 is 1.86 bits per heavy atom. The van der Waals surface area contributed by atoms with Crippen molar-refractivity contribution in [2.75, 3.05) is 5.75 Å². The Morgan fingerprint density at radius 3 is 2.59 bits per heavy atom. The summed E-state index contributed by atoms with van der Waals surface area (Å²) in [5.74, 6) is 0.510. The zero-order chi connectivity index (χ0) is 15.4. The van der Waals surface area contributed by atoms with Crippen molar-refractivity contribution in [2.45, 2.75) is 50.1 Å². The number of para-hydroxylation sites is 2. The summed E-state index contributed by atoms with van der Waals surface area (Å²) in [5.41, 5.74) is 2.66. The lowest BCUT2D eigenvalue weighted by Crippen LogP contribution is -2.37. The van der Waals surface area contributed by atoms with Crippen LogP contribution in [0, 0.1) is 6.92 Å². The summed E-state index contributed by atoms with van der Waals surface area (Å²) in [5, 5.41) is 3.98. The molecule has 0 bridgehead atoms. The average molecular weight is 315 g/mol. The second-order valence-corrected chi connectivity index (χ2v) is 6.76. The van der Waals surface area contributed by atoms with Crippen LogP contribution in [0.5, 0.6) is 0 Å². The smallest absolute Gasteiger partial charge is 0.230 e. The van der Waals surface area contributed by atoms with Crippen LogP contribution in [0.3, 0.4) is 0 Å². The van der Waals surface area contributed by atoms with E-state index in [1.807, 2.05) is 31.2 Å². The third-order valence-electron chi connectivity index (χ3n) is 4.01. The average Bonchev–Trinajstić information content (AvgIpc) is 2.54. The van der Waals surface area contributed by atoms with E-state index in [0.29, 0.717) is 11.8 Å². The molecule has 1 aliphatic carbocycles. The number of thioether (sulfide) groups is 1. The van der Waals surface area contributed by atoms with Crippen LogP contribution < -0.4 is 5.32 Å². The van der Waals surface area contributed by atoms with Gasteiger partial charge in [-0.25, -0.2) is 9.97 Å². The molecule has 1 N–H and O–H groups in total. The molecule has 1 aromatic heterocycles. The normalized spacial score (nSPS) is 15.9. The maximum absolute atomic E-state index is 12.1. The van der Waals surface area contributed by atoms with Crippen molar-refractivity contribution in [3.05, 3.63) is 30.0 Å². The van der Waals surface area contributed by atoms with E-state index in [4.69, 9.17) is 0 Å². The number of hydrogen-bond acceptors (Lipinski definition) is 4. The van der Waals surface area contributed by atoms with Crippen molar-refractivity contribution >= 4 is 28.7 Å². The topological polar surface area (TPSA) is 54.9 Å². The number of rotatable bonds is 4. The summed E-state index contributed by atoms with van der Waals surface area (Å²) in [6, 6.07) is 8.19. The quantitative estimate of drug-likeness (QED) is 0.878. The summed E-state index contributed by atoms with van der Waals surface area (Å²) >= 11 is 1.47. The van der Waals surface area contributed by atoms with Gasteiger partial charge in [0.2, 0.25) is 5.91 Å². The van der Waals surface area contributed by atoms with Gasteiger partial charge in [-0.05, 0) is 31.9 Å². The van der Waals surface area contributed by atoms with Crippen molar-refractivity contribution in [1.29, 1.82) is 0 Å². The van der Waals surface area contributed by atoms with Crippen LogP contribution in [-0.2, 0) is 4.79 Å². The lowest BCUT2D eigenvalue weighted by Gasteiger charge is -2.22. The predicted octanol–water partition coefficient (Wildman–Crippen LogP) is 3.48. The van der Waals surface area contributed by atoms with E-state index in [0.717, 1.165) is 34.6 Å². The van der Waals surface area contributed by atoms with E-state index in [9.17, 15) is 4.79 Å². The molecule has 0 spiro atoms. The van der Waals surface area contributed by atoms with E-state index >= 15 is 0 Å². The molecule has 3 rings (SSSR count). The second-order valence-electron chi connectivity index (χ2n) is 5.79. The maximum Gasteiger partial charge on any atom is 0.230 e. The predicted molar refractivity (Wildman–Crippen MR) is 90.0 cm³/mol. The first-order valence-electron chi connectivity index (χ1n) is 7.88. The molecule has 22 heavy (non-hydrogen) atoms. The van der Waals surface area contributed by atoms with Crippen LogP contribution >= 0.6 is 11.8 Å². The number of fused-ring (bicyclic) bond motifs is 1. The number of aromatic nitrogens is 2. The van der Waals surface area contributed by atoms with Crippen LogP contribution in [-0.4, -0.2) is 27.7 Å². The van der Waals surface area contributed by atoms with E-state index in [-0.39, 0.29) is 5.91 Å². The number of amides is 1. The minimum Gasteiger partial charge on any atom is -0.353 e. The third kappa shape index (κ3) is 3.77. The highest BCUT2D eigenvalue weighted by molar-refractivity contribution is 7.99. The van der Waals surface area contributed by atoms with Gasteiger partial charge in [-0.2, -0.15) is 0 Å². The van der Waals surface area contributed by atoms with Crippen LogP contribution in [0.25, 0.3) is 11.0 Å². The molecule has 0 atom stereocenters. The Labute approximate surface area is 135 Å². The maximum atomic E-state index is 12.1. The van der Waals surface area contributed by atoms with Gasteiger partial charge in [-0.15, -0.1) is 0 Å². The van der Waals surface area contributed by atoms with Crippen LogP contribution in [0.4, 0.5) is 0 Å². The van der Waals surface area contributed by atoms with Gasteiger partial charge in [0.05, 0.1) is 22.5 Å². The molecule has 1 aromatic carbocycles. The van der Waals surface area contributed by atoms with Crippen molar-refractivity contribution in [1.82, 2.24) is 15.3 Å². The lowest BCUT2D eigenvalue weighted by molar-refractivity contribution is -0.119. The molecule has 4 nitrogen and oxygen atoms in total. The van der Waals surface area contributed by atoms with Crippen molar-refractivity contribution < 1.29 is 4.79 Å². The number of hydrogen-bond donors (Lipinski definition) is 1. The zero-order valence-electron chi connectivity index (χ0n) is 12.8. The van der Waals surface area contributed by atoms with Gasteiger partial charge in [0.1, 0.15) is 5.03 Å². The number of nitrogens with zero attached hydrogens (tertiary/aromatic N) is 2. The first kappa shape index (κ1) is 15.3. The van der Waals surface area contributed by atoms with Gasteiger partial charge in [-0.1, -0.05) is 43.2 Å². The van der Waals surface area contributed by atoms with E-state index in [1.54, 1.807) is 0 Å². The molecule has 0 aliphatic heterocycles.